The van der Waals surface area contributed by atoms with Crippen molar-refractivity contribution in [1.82, 2.24) is 4.90 Å². The molecule has 1 aromatic rings. The quantitative estimate of drug-likeness (QED) is 0.744. The van der Waals surface area contributed by atoms with Gasteiger partial charge in [0, 0.05) is 18.8 Å². The molecule has 0 aliphatic rings. The largest absolute Gasteiger partial charge is 0.497 e. The first-order valence-electron chi connectivity index (χ1n) is 5.97. The lowest BCUT2D eigenvalue weighted by Gasteiger charge is -2.22. The molecule has 0 saturated carbocycles. The number of carbonyl (C=O) groups excluding carboxylic acids is 1. The van der Waals surface area contributed by atoms with Crippen molar-refractivity contribution in [3.05, 3.63) is 23.8 Å². The van der Waals surface area contributed by atoms with E-state index in [1.54, 1.807) is 23.1 Å². The Morgan fingerprint density at radius 2 is 2.17 bits per heavy atom. The fraction of sp³-hybridized carbons (Fsp3) is 0.462. The number of rotatable bonds is 6. The maximum atomic E-state index is 12.3. The zero-order valence-electron chi connectivity index (χ0n) is 10.8. The van der Waals surface area contributed by atoms with Gasteiger partial charge in [-0.05, 0) is 24.6 Å². The van der Waals surface area contributed by atoms with Crippen LogP contribution in [0.25, 0.3) is 0 Å². The third-order valence-corrected chi connectivity index (χ3v) is 2.64. The van der Waals surface area contributed by atoms with Crippen LogP contribution in [0.15, 0.2) is 18.2 Å². The minimum absolute atomic E-state index is 0.0599. The van der Waals surface area contributed by atoms with E-state index in [0.717, 1.165) is 6.42 Å². The van der Waals surface area contributed by atoms with E-state index < -0.39 is 0 Å². The Morgan fingerprint density at radius 3 is 2.72 bits per heavy atom. The molecule has 0 spiro atoms. The third kappa shape index (κ3) is 3.37. The maximum absolute atomic E-state index is 12.3. The molecule has 1 amide bonds. The Hall–Kier alpha value is -1.75. The number of aliphatic hydroxyl groups excluding tert-OH is 1. The van der Waals surface area contributed by atoms with E-state index in [1.807, 2.05) is 6.92 Å². The lowest BCUT2D eigenvalue weighted by molar-refractivity contribution is 0.0722. The van der Waals surface area contributed by atoms with Crippen LogP contribution in [0.4, 0.5) is 5.69 Å². The second kappa shape index (κ2) is 6.86. The van der Waals surface area contributed by atoms with E-state index in [0.29, 0.717) is 30.1 Å². The number of anilines is 1. The molecule has 0 aromatic heterocycles. The van der Waals surface area contributed by atoms with Gasteiger partial charge in [-0.1, -0.05) is 6.92 Å². The highest BCUT2D eigenvalue weighted by Crippen LogP contribution is 2.21. The zero-order chi connectivity index (χ0) is 13.5. The summed E-state index contributed by atoms with van der Waals surface area (Å²) in [7, 11) is 1.54. The van der Waals surface area contributed by atoms with Gasteiger partial charge in [0.05, 0.1) is 19.3 Å². The Balaban J connectivity index is 2.99. The van der Waals surface area contributed by atoms with Gasteiger partial charge in [-0.2, -0.15) is 0 Å². The molecule has 0 saturated heterocycles. The van der Waals surface area contributed by atoms with Gasteiger partial charge in [0.2, 0.25) is 0 Å². The SMILES string of the molecule is CCCN(CCO)C(=O)c1cc(OC)ccc1N. The number of nitrogens with two attached hydrogens (primary N) is 1. The van der Waals surface area contributed by atoms with Gasteiger partial charge >= 0.3 is 0 Å². The molecule has 5 heteroatoms. The van der Waals surface area contributed by atoms with E-state index in [-0.39, 0.29) is 12.5 Å². The highest BCUT2D eigenvalue weighted by atomic mass is 16.5. The summed E-state index contributed by atoms with van der Waals surface area (Å²) in [5, 5.41) is 8.98. The maximum Gasteiger partial charge on any atom is 0.256 e. The van der Waals surface area contributed by atoms with E-state index in [9.17, 15) is 4.79 Å². The molecular formula is C13H20N2O3. The molecule has 5 nitrogen and oxygen atoms in total. The lowest BCUT2D eigenvalue weighted by atomic mass is 10.1. The molecule has 0 radical (unpaired) electrons. The van der Waals surface area contributed by atoms with Gasteiger partial charge in [0.15, 0.2) is 0 Å². The van der Waals surface area contributed by atoms with Crippen molar-refractivity contribution < 1.29 is 14.6 Å². The summed E-state index contributed by atoms with van der Waals surface area (Å²) in [6.07, 6.45) is 0.829. The van der Waals surface area contributed by atoms with Crippen LogP contribution in [0.2, 0.25) is 0 Å². The summed E-state index contributed by atoms with van der Waals surface area (Å²) in [5.74, 6) is 0.412. The van der Waals surface area contributed by atoms with Crippen LogP contribution in [-0.2, 0) is 0 Å². The Kier molecular flexibility index (Phi) is 5.45. The lowest BCUT2D eigenvalue weighted by Crippen LogP contribution is -2.34. The smallest absolute Gasteiger partial charge is 0.256 e. The molecule has 18 heavy (non-hydrogen) atoms. The number of amides is 1. The molecule has 0 aliphatic heterocycles. The van der Waals surface area contributed by atoms with Crippen LogP contribution in [-0.4, -0.2) is 42.7 Å². The summed E-state index contributed by atoms with van der Waals surface area (Å²) >= 11 is 0. The summed E-state index contributed by atoms with van der Waals surface area (Å²) < 4.78 is 5.08. The molecular weight excluding hydrogens is 232 g/mol. The molecule has 1 aromatic carbocycles. The molecule has 0 heterocycles. The fourth-order valence-corrected chi connectivity index (χ4v) is 1.72. The van der Waals surface area contributed by atoms with Gasteiger partial charge in [-0.15, -0.1) is 0 Å². The third-order valence-electron chi connectivity index (χ3n) is 2.64. The number of nitrogens with zero attached hydrogens (tertiary/aromatic N) is 1. The standard InChI is InChI=1S/C13H20N2O3/c1-3-6-15(7-8-16)13(17)11-9-10(18-2)4-5-12(11)14/h4-5,9,16H,3,6-8,14H2,1-2H3. The van der Waals surface area contributed by atoms with Crippen LogP contribution in [0.1, 0.15) is 23.7 Å². The number of ether oxygens (including phenoxy) is 1. The van der Waals surface area contributed by atoms with E-state index in [4.69, 9.17) is 15.6 Å². The average molecular weight is 252 g/mol. The summed E-state index contributed by atoms with van der Waals surface area (Å²) in [6.45, 7) is 2.82. The molecule has 0 unspecified atom stereocenters. The first kappa shape index (κ1) is 14.3. The number of hydrogen-bond donors (Lipinski definition) is 2. The number of hydrogen-bond acceptors (Lipinski definition) is 4. The Bertz CT molecular complexity index is 401. The monoisotopic (exact) mass is 252 g/mol. The fourth-order valence-electron chi connectivity index (χ4n) is 1.72. The first-order valence-corrected chi connectivity index (χ1v) is 5.97. The van der Waals surface area contributed by atoms with Gasteiger partial charge < -0.3 is 20.5 Å². The van der Waals surface area contributed by atoms with Crippen molar-refractivity contribution in [2.24, 2.45) is 0 Å². The molecule has 0 aliphatic carbocycles. The van der Waals surface area contributed by atoms with Crippen molar-refractivity contribution in [3.63, 3.8) is 0 Å². The van der Waals surface area contributed by atoms with Gasteiger partial charge in [0.1, 0.15) is 5.75 Å². The number of aliphatic hydroxyl groups is 1. The second-order valence-corrected chi connectivity index (χ2v) is 3.97. The van der Waals surface area contributed by atoms with E-state index in [1.165, 1.54) is 7.11 Å². The topological polar surface area (TPSA) is 75.8 Å². The Labute approximate surface area is 107 Å². The minimum atomic E-state index is -0.178. The molecule has 0 bridgehead atoms. The first-order chi connectivity index (χ1) is 8.63. The van der Waals surface area contributed by atoms with E-state index in [2.05, 4.69) is 0 Å². The van der Waals surface area contributed by atoms with Crippen molar-refractivity contribution >= 4 is 11.6 Å². The highest BCUT2D eigenvalue weighted by Gasteiger charge is 2.17. The average Bonchev–Trinajstić information content (AvgIpc) is 2.38. The highest BCUT2D eigenvalue weighted by molar-refractivity contribution is 5.99. The van der Waals surface area contributed by atoms with E-state index >= 15 is 0 Å². The van der Waals surface area contributed by atoms with Crippen LogP contribution in [0.3, 0.4) is 0 Å². The normalized spacial score (nSPS) is 10.2. The van der Waals surface area contributed by atoms with Crippen molar-refractivity contribution in [2.75, 3.05) is 32.5 Å². The molecule has 0 fully saturated rings. The molecule has 1 rings (SSSR count). The van der Waals surface area contributed by atoms with Gasteiger partial charge in [-0.3, -0.25) is 4.79 Å². The summed E-state index contributed by atoms with van der Waals surface area (Å²) in [4.78, 5) is 13.9. The minimum Gasteiger partial charge on any atom is -0.497 e. The number of methoxy groups -OCH3 is 1. The Morgan fingerprint density at radius 1 is 1.44 bits per heavy atom. The number of carbonyl (C=O) groups is 1. The van der Waals surface area contributed by atoms with Gasteiger partial charge in [0.25, 0.3) is 5.91 Å². The van der Waals surface area contributed by atoms with Crippen LogP contribution in [0, 0.1) is 0 Å². The summed E-state index contributed by atoms with van der Waals surface area (Å²) in [5.41, 5.74) is 6.64. The summed E-state index contributed by atoms with van der Waals surface area (Å²) in [6, 6.07) is 4.98. The van der Waals surface area contributed by atoms with Crippen LogP contribution in [0.5, 0.6) is 5.75 Å². The molecule has 0 atom stereocenters. The number of benzene rings is 1. The second-order valence-electron chi connectivity index (χ2n) is 3.97. The van der Waals surface area contributed by atoms with Gasteiger partial charge in [-0.25, -0.2) is 0 Å². The zero-order valence-corrected chi connectivity index (χ0v) is 10.8. The van der Waals surface area contributed by atoms with Crippen LogP contribution < -0.4 is 10.5 Å². The van der Waals surface area contributed by atoms with Crippen molar-refractivity contribution in [3.8, 4) is 5.75 Å². The predicted molar refractivity (Wildman–Crippen MR) is 70.7 cm³/mol. The van der Waals surface area contributed by atoms with Crippen molar-refractivity contribution in [2.45, 2.75) is 13.3 Å². The van der Waals surface area contributed by atoms with Crippen LogP contribution >= 0.6 is 0 Å². The predicted octanol–water partition coefficient (Wildman–Crippen LogP) is 1.12. The molecule has 100 valence electrons. The number of nitrogen functional groups attached to an aromatic ring is 1. The van der Waals surface area contributed by atoms with Crippen molar-refractivity contribution in [1.29, 1.82) is 0 Å². The molecule has 3 N–H and O–H groups in total.